The van der Waals surface area contributed by atoms with Gasteiger partial charge in [-0.05, 0) is 13.8 Å². The summed E-state index contributed by atoms with van der Waals surface area (Å²) < 4.78 is 9.87. The number of ketones is 1. The SMILES string of the molecule is COc1cc(O)c2c(=O)occ(C(C)=O)c2c1C. The molecular formula is C13H12O5. The number of benzene rings is 1. The van der Waals surface area contributed by atoms with Crippen LogP contribution >= 0.6 is 0 Å². The lowest BCUT2D eigenvalue weighted by atomic mass is 9.99. The molecule has 0 aliphatic rings. The van der Waals surface area contributed by atoms with E-state index in [1.807, 2.05) is 0 Å². The number of carbonyl (C=O) groups excluding carboxylic acids is 1. The third-order valence-electron chi connectivity index (χ3n) is 2.88. The molecule has 2 aromatic rings. The van der Waals surface area contributed by atoms with Gasteiger partial charge in [0.05, 0.1) is 12.7 Å². The molecule has 2 rings (SSSR count). The zero-order valence-corrected chi connectivity index (χ0v) is 10.2. The topological polar surface area (TPSA) is 76.7 Å². The maximum atomic E-state index is 11.6. The van der Waals surface area contributed by atoms with Gasteiger partial charge in [-0.25, -0.2) is 4.79 Å². The molecule has 0 fully saturated rings. The predicted molar refractivity (Wildman–Crippen MR) is 65.4 cm³/mol. The van der Waals surface area contributed by atoms with Crippen molar-refractivity contribution in [2.45, 2.75) is 13.8 Å². The van der Waals surface area contributed by atoms with Crippen LogP contribution in [0.4, 0.5) is 0 Å². The molecule has 1 aromatic heterocycles. The van der Waals surface area contributed by atoms with E-state index >= 15 is 0 Å². The summed E-state index contributed by atoms with van der Waals surface area (Å²) >= 11 is 0. The summed E-state index contributed by atoms with van der Waals surface area (Å²) in [4.78, 5) is 23.2. The van der Waals surface area contributed by atoms with Crippen molar-refractivity contribution in [1.29, 1.82) is 0 Å². The number of hydrogen-bond acceptors (Lipinski definition) is 5. The molecule has 94 valence electrons. The number of Topliss-reactive ketones (excluding diaryl/α,β-unsaturated/α-hetero) is 1. The van der Waals surface area contributed by atoms with Gasteiger partial charge >= 0.3 is 5.63 Å². The van der Waals surface area contributed by atoms with E-state index in [0.717, 1.165) is 6.26 Å². The highest BCUT2D eigenvalue weighted by Gasteiger charge is 2.18. The normalized spacial score (nSPS) is 10.6. The van der Waals surface area contributed by atoms with Crippen molar-refractivity contribution >= 4 is 16.6 Å². The van der Waals surface area contributed by atoms with E-state index in [-0.39, 0.29) is 22.5 Å². The quantitative estimate of drug-likeness (QED) is 0.823. The number of rotatable bonds is 2. The molecule has 0 atom stereocenters. The van der Waals surface area contributed by atoms with Crippen LogP contribution < -0.4 is 10.4 Å². The first kappa shape index (κ1) is 12.2. The van der Waals surface area contributed by atoms with Crippen LogP contribution in [-0.4, -0.2) is 18.0 Å². The van der Waals surface area contributed by atoms with E-state index in [4.69, 9.17) is 9.15 Å². The van der Waals surface area contributed by atoms with Crippen LogP contribution in [0.5, 0.6) is 11.5 Å². The molecule has 0 spiro atoms. The van der Waals surface area contributed by atoms with Gasteiger partial charge in [0.15, 0.2) is 5.78 Å². The minimum absolute atomic E-state index is 0.000926. The summed E-state index contributed by atoms with van der Waals surface area (Å²) in [6.07, 6.45) is 1.11. The fourth-order valence-electron chi connectivity index (χ4n) is 1.99. The molecule has 1 heterocycles. The Morgan fingerprint density at radius 2 is 2.06 bits per heavy atom. The van der Waals surface area contributed by atoms with Crippen molar-refractivity contribution in [1.82, 2.24) is 0 Å². The number of ether oxygens (including phenoxy) is 1. The van der Waals surface area contributed by atoms with Gasteiger partial charge in [-0.15, -0.1) is 0 Å². The standard InChI is InChI=1S/C13H12O5/c1-6-10(17-3)4-9(15)12-11(6)8(7(2)14)5-18-13(12)16/h4-5,15H,1-3H3. The molecule has 0 radical (unpaired) electrons. The minimum Gasteiger partial charge on any atom is -0.507 e. The number of carbonyl (C=O) groups is 1. The summed E-state index contributed by atoms with van der Waals surface area (Å²) in [5.41, 5.74) is 0.179. The highest BCUT2D eigenvalue weighted by molar-refractivity contribution is 6.09. The highest BCUT2D eigenvalue weighted by atomic mass is 16.5. The van der Waals surface area contributed by atoms with Crippen LogP contribution in [0.1, 0.15) is 22.8 Å². The Morgan fingerprint density at radius 3 is 2.61 bits per heavy atom. The van der Waals surface area contributed by atoms with Gasteiger partial charge in [-0.1, -0.05) is 0 Å². The highest BCUT2D eigenvalue weighted by Crippen LogP contribution is 2.34. The molecule has 5 nitrogen and oxygen atoms in total. The second kappa shape index (κ2) is 4.18. The lowest BCUT2D eigenvalue weighted by molar-refractivity contribution is 0.101. The third kappa shape index (κ3) is 1.64. The van der Waals surface area contributed by atoms with Crippen LogP contribution in [0.3, 0.4) is 0 Å². The summed E-state index contributed by atoms with van der Waals surface area (Å²) in [6.45, 7) is 3.08. The second-order valence-electron chi connectivity index (χ2n) is 3.97. The average Bonchev–Trinajstić information content (AvgIpc) is 2.32. The molecule has 0 unspecified atom stereocenters. The van der Waals surface area contributed by atoms with Gasteiger partial charge in [0, 0.05) is 17.0 Å². The summed E-state index contributed by atoms with van der Waals surface area (Å²) in [6, 6.07) is 1.33. The molecule has 0 aliphatic carbocycles. The van der Waals surface area contributed by atoms with Gasteiger partial charge in [-0.3, -0.25) is 4.79 Å². The van der Waals surface area contributed by atoms with Gasteiger partial charge in [0.2, 0.25) is 0 Å². The predicted octanol–water partition coefficient (Wildman–Crippen LogP) is 2.02. The van der Waals surface area contributed by atoms with Crippen molar-refractivity contribution in [2.75, 3.05) is 7.11 Å². The van der Waals surface area contributed by atoms with Crippen molar-refractivity contribution in [3.63, 3.8) is 0 Å². The first-order valence-corrected chi connectivity index (χ1v) is 5.30. The molecule has 0 amide bonds. The molecule has 1 N–H and O–H groups in total. The Hall–Kier alpha value is -2.30. The van der Waals surface area contributed by atoms with Crippen LogP contribution in [-0.2, 0) is 0 Å². The fourth-order valence-corrected chi connectivity index (χ4v) is 1.99. The van der Waals surface area contributed by atoms with E-state index in [2.05, 4.69) is 0 Å². The monoisotopic (exact) mass is 248 g/mol. The largest absolute Gasteiger partial charge is 0.507 e. The molecule has 1 aromatic carbocycles. The summed E-state index contributed by atoms with van der Waals surface area (Å²) in [7, 11) is 1.45. The molecule has 0 saturated carbocycles. The van der Waals surface area contributed by atoms with E-state index in [1.54, 1.807) is 6.92 Å². The molecule has 0 aliphatic heterocycles. The van der Waals surface area contributed by atoms with E-state index < -0.39 is 5.63 Å². The number of phenolic OH excluding ortho intramolecular Hbond substituents is 1. The second-order valence-corrected chi connectivity index (χ2v) is 3.97. The smallest absolute Gasteiger partial charge is 0.347 e. The molecule has 0 saturated heterocycles. The van der Waals surface area contributed by atoms with Crippen molar-refractivity contribution < 1.29 is 19.1 Å². The van der Waals surface area contributed by atoms with Gasteiger partial charge in [0.1, 0.15) is 23.1 Å². The molecule has 5 heteroatoms. The van der Waals surface area contributed by atoms with Gasteiger partial charge in [0.25, 0.3) is 0 Å². The maximum Gasteiger partial charge on any atom is 0.347 e. The van der Waals surface area contributed by atoms with Crippen LogP contribution in [0.15, 0.2) is 21.5 Å². The number of hydrogen-bond donors (Lipinski definition) is 1. The van der Waals surface area contributed by atoms with E-state index in [1.165, 1.54) is 20.1 Å². The Morgan fingerprint density at radius 1 is 1.39 bits per heavy atom. The van der Waals surface area contributed by atoms with Crippen molar-refractivity contribution in [3.05, 3.63) is 33.9 Å². The first-order valence-electron chi connectivity index (χ1n) is 5.30. The van der Waals surface area contributed by atoms with Crippen LogP contribution in [0.25, 0.3) is 10.8 Å². The lowest BCUT2D eigenvalue weighted by Gasteiger charge is -2.11. The van der Waals surface area contributed by atoms with Gasteiger partial charge < -0.3 is 14.3 Å². The Kier molecular flexibility index (Phi) is 2.82. The Labute approximate surface area is 103 Å². The lowest BCUT2D eigenvalue weighted by Crippen LogP contribution is -2.06. The molecule has 18 heavy (non-hydrogen) atoms. The Balaban J connectivity index is 3.09. The first-order chi connectivity index (χ1) is 8.47. The number of phenols is 1. The fraction of sp³-hybridized carbons (Fsp3) is 0.231. The van der Waals surface area contributed by atoms with Crippen molar-refractivity contribution in [2.24, 2.45) is 0 Å². The summed E-state index contributed by atoms with van der Waals surface area (Å²) in [5, 5.41) is 10.2. The van der Waals surface area contributed by atoms with E-state index in [9.17, 15) is 14.7 Å². The zero-order chi connectivity index (χ0) is 13.4. The van der Waals surface area contributed by atoms with Crippen LogP contribution in [0, 0.1) is 6.92 Å². The third-order valence-corrected chi connectivity index (χ3v) is 2.88. The van der Waals surface area contributed by atoms with E-state index in [0.29, 0.717) is 16.7 Å². The van der Waals surface area contributed by atoms with Gasteiger partial charge in [-0.2, -0.15) is 0 Å². The number of aromatic hydroxyl groups is 1. The zero-order valence-electron chi connectivity index (χ0n) is 10.2. The Bertz CT molecular complexity index is 697. The minimum atomic E-state index is -0.682. The average molecular weight is 248 g/mol. The number of fused-ring (bicyclic) bond motifs is 1. The maximum absolute atomic E-state index is 11.6. The molecular weight excluding hydrogens is 236 g/mol. The van der Waals surface area contributed by atoms with Crippen LogP contribution in [0.2, 0.25) is 0 Å². The number of methoxy groups -OCH3 is 1. The number of aryl methyl sites for hydroxylation is 1. The molecule has 0 bridgehead atoms. The summed E-state index contributed by atoms with van der Waals surface area (Å²) in [5.74, 6) is -0.100. The van der Waals surface area contributed by atoms with Crippen molar-refractivity contribution in [3.8, 4) is 11.5 Å².